The molecule has 0 radical (unpaired) electrons. The molecule has 0 aliphatic carbocycles. The Labute approximate surface area is 203 Å². The molecule has 0 bridgehead atoms. The normalized spacial score (nSPS) is 11.8. The lowest BCUT2D eigenvalue weighted by Gasteiger charge is -2.10. The number of para-hydroxylation sites is 1. The number of benzene rings is 5. The van der Waals surface area contributed by atoms with Crippen LogP contribution < -0.4 is 0 Å². The van der Waals surface area contributed by atoms with Gasteiger partial charge in [-0.05, 0) is 47.5 Å². The van der Waals surface area contributed by atoms with Gasteiger partial charge in [0.2, 0.25) is 0 Å². The van der Waals surface area contributed by atoms with E-state index in [4.69, 9.17) is 0 Å². The maximum atomic E-state index is 3.73. The highest BCUT2D eigenvalue weighted by molar-refractivity contribution is 9.10. The van der Waals surface area contributed by atoms with Crippen LogP contribution in [0.15, 0.2) is 114 Å². The van der Waals surface area contributed by atoms with Crippen LogP contribution in [-0.4, -0.2) is 4.57 Å². The maximum absolute atomic E-state index is 3.73. The number of rotatable bonds is 2. The monoisotopic (exact) mass is 503 g/mol. The van der Waals surface area contributed by atoms with Gasteiger partial charge < -0.3 is 4.57 Å². The molecule has 3 heteroatoms. The SMILES string of the molecule is Brc1ccccc1-c1ccc2c3ccccc3n(-c3ccc4c(c3)sc3ccccc34)c2c1. The summed E-state index contributed by atoms with van der Waals surface area (Å²) in [6.07, 6.45) is 0. The Bertz CT molecular complexity index is 1840. The summed E-state index contributed by atoms with van der Waals surface area (Å²) in [5.74, 6) is 0. The van der Waals surface area contributed by atoms with E-state index in [-0.39, 0.29) is 0 Å². The molecular formula is C30H18BrNS. The summed E-state index contributed by atoms with van der Waals surface area (Å²) in [4.78, 5) is 0. The molecule has 0 saturated heterocycles. The second-order valence-corrected chi connectivity index (χ2v) is 10.3. The fraction of sp³-hybridized carbons (Fsp3) is 0. The standard InChI is InChI=1S/C30H18BrNS/c31-26-10-4-1-7-21(26)19-13-15-23-22-8-2-5-11-27(22)32(28(23)17-19)20-14-16-25-24-9-3-6-12-29(24)33-30(25)18-20/h1-18H. The summed E-state index contributed by atoms with van der Waals surface area (Å²) in [6, 6.07) is 39.5. The molecule has 0 atom stereocenters. The quantitative estimate of drug-likeness (QED) is 0.221. The average molecular weight is 504 g/mol. The van der Waals surface area contributed by atoms with Gasteiger partial charge in [0.25, 0.3) is 0 Å². The predicted octanol–water partition coefficient (Wildman–Crippen LogP) is 9.58. The van der Waals surface area contributed by atoms with E-state index in [1.807, 2.05) is 11.3 Å². The Balaban J connectivity index is 1.54. The smallest absolute Gasteiger partial charge is 0.0547 e. The average Bonchev–Trinajstić information content (AvgIpc) is 3.39. The van der Waals surface area contributed by atoms with Gasteiger partial charge in [-0.1, -0.05) is 88.7 Å². The zero-order chi connectivity index (χ0) is 21.9. The van der Waals surface area contributed by atoms with Gasteiger partial charge in [-0.25, -0.2) is 0 Å². The third-order valence-corrected chi connectivity index (χ3v) is 8.30. The highest BCUT2D eigenvalue weighted by Crippen LogP contribution is 2.39. The lowest BCUT2D eigenvalue weighted by molar-refractivity contribution is 1.19. The van der Waals surface area contributed by atoms with Crippen LogP contribution in [0.25, 0.3) is 58.8 Å². The molecule has 7 aromatic rings. The Hall–Kier alpha value is -3.40. The van der Waals surface area contributed by atoms with Crippen molar-refractivity contribution in [2.24, 2.45) is 0 Å². The first kappa shape index (κ1) is 19.1. The number of hydrogen-bond donors (Lipinski definition) is 0. The molecule has 5 aromatic carbocycles. The third-order valence-electron chi connectivity index (χ3n) is 6.48. The molecule has 156 valence electrons. The Morgan fingerprint density at radius 3 is 2.15 bits per heavy atom. The lowest BCUT2D eigenvalue weighted by Crippen LogP contribution is -1.93. The molecule has 7 rings (SSSR count). The van der Waals surface area contributed by atoms with Gasteiger partial charge in [0.05, 0.1) is 11.0 Å². The van der Waals surface area contributed by atoms with Gasteiger partial charge in [0, 0.05) is 41.1 Å². The van der Waals surface area contributed by atoms with E-state index in [0.29, 0.717) is 0 Å². The van der Waals surface area contributed by atoms with Crippen LogP contribution in [0.4, 0.5) is 0 Å². The van der Waals surface area contributed by atoms with Gasteiger partial charge in [0.1, 0.15) is 0 Å². The van der Waals surface area contributed by atoms with Crippen molar-refractivity contribution in [1.82, 2.24) is 4.57 Å². The van der Waals surface area contributed by atoms with Crippen LogP contribution in [0, 0.1) is 0 Å². The first-order valence-electron chi connectivity index (χ1n) is 11.0. The van der Waals surface area contributed by atoms with Gasteiger partial charge in [-0.3, -0.25) is 0 Å². The zero-order valence-corrected chi connectivity index (χ0v) is 20.0. The molecule has 0 aliphatic heterocycles. The molecule has 0 aliphatic rings. The van der Waals surface area contributed by atoms with Gasteiger partial charge in [-0.2, -0.15) is 0 Å². The molecule has 2 aromatic heterocycles. The molecule has 1 nitrogen and oxygen atoms in total. The van der Waals surface area contributed by atoms with E-state index >= 15 is 0 Å². The number of aromatic nitrogens is 1. The Morgan fingerprint density at radius 2 is 1.24 bits per heavy atom. The molecule has 0 unspecified atom stereocenters. The number of hydrogen-bond acceptors (Lipinski definition) is 1. The summed E-state index contributed by atoms with van der Waals surface area (Å²) >= 11 is 5.60. The summed E-state index contributed by atoms with van der Waals surface area (Å²) < 4.78 is 6.18. The highest BCUT2D eigenvalue weighted by Gasteiger charge is 2.15. The minimum absolute atomic E-state index is 1.11. The van der Waals surface area contributed by atoms with Gasteiger partial charge in [-0.15, -0.1) is 11.3 Å². The largest absolute Gasteiger partial charge is 0.309 e. The van der Waals surface area contributed by atoms with Crippen LogP contribution >= 0.6 is 27.3 Å². The second-order valence-electron chi connectivity index (χ2n) is 8.34. The van der Waals surface area contributed by atoms with Crippen molar-refractivity contribution in [2.75, 3.05) is 0 Å². The van der Waals surface area contributed by atoms with Crippen LogP contribution in [0.3, 0.4) is 0 Å². The van der Waals surface area contributed by atoms with Crippen molar-refractivity contribution in [1.29, 1.82) is 0 Å². The maximum Gasteiger partial charge on any atom is 0.0547 e. The second kappa shape index (κ2) is 7.31. The van der Waals surface area contributed by atoms with Crippen LogP contribution in [0.1, 0.15) is 0 Å². The fourth-order valence-corrected chi connectivity index (χ4v) is 6.62. The van der Waals surface area contributed by atoms with Crippen LogP contribution in [0.5, 0.6) is 0 Å². The molecule has 0 spiro atoms. The fourth-order valence-electron chi connectivity index (χ4n) is 4.97. The van der Waals surface area contributed by atoms with E-state index in [1.165, 1.54) is 58.8 Å². The van der Waals surface area contributed by atoms with Crippen molar-refractivity contribution in [3.05, 3.63) is 114 Å². The van der Waals surface area contributed by atoms with Crippen molar-refractivity contribution in [3.8, 4) is 16.8 Å². The number of fused-ring (bicyclic) bond motifs is 6. The van der Waals surface area contributed by atoms with Crippen molar-refractivity contribution in [2.45, 2.75) is 0 Å². The topological polar surface area (TPSA) is 4.93 Å². The van der Waals surface area contributed by atoms with E-state index in [9.17, 15) is 0 Å². The predicted molar refractivity (Wildman–Crippen MR) is 147 cm³/mol. The summed E-state index contributed by atoms with van der Waals surface area (Å²) in [5.41, 5.74) is 6.07. The van der Waals surface area contributed by atoms with Gasteiger partial charge >= 0.3 is 0 Å². The summed E-state index contributed by atoms with van der Waals surface area (Å²) in [6.45, 7) is 0. The molecule has 0 amide bonds. The highest BCUT2D eigenvalue weighted by atomic mass is 79.9. The minimum atomic E-state index is 1.11. The molecule has 2 heterocycles. The minimum Gasteiger partial charge on any atom is -0.309 e. The van der Waals surface area contributed by atoms with E-state index in [0.717, 1.165) is 4.47 Å². The summed E-state index contributed by atoms with van der Waals surface area (Å²) in [7, 11) is 0. The van der Waals surface area contributed by atoms with Crippen LogP contribution in [-0.2, 0) is 0 Å². The molecule has 33 heavy (non-hydrogen) atoms. The van der Waals surface area contributed by atoms with Crippen LogP contribution in [0.2, 0.25) is 0 Å². The molecule has 0 fully saturated rings. The number of nitrogens with zero attached hydrogens (tertiary/aromatic N) is 1. The number of thiophene rings is 1. The van der Waals surface area contributed by atoms with Crippen molar-refractivity contribution >= 4 is 69.2 Å². The van der Waals surface area contributed by atoms with Crippen molar-refractivity contribution < 1.29 is 0 Å². The first-order valence-corrected chi connectivity index (χ1v) is 12.6. The van der Waals surface area contributed by atoms with Gasteiger partial charge in [0.15, 0.2) is 0 Å². The summed E-state index contributed by atoms with van der Waals surface area (Å²) in [5, 5.41) is 5.22. The lowest BCUT2D eigenvalue weighted by atomic mass is 10.0. The number of halogens is 1. The zero-order valence-electron chi connectivity index (χ0n) is 17.6. The molecule has 0 N–H and O–H groups in total. The van der Waals surface area contributed by atoms with E-state index in [1.54, 1.807) is 0 Å². The molecular weight excluding hydrogens is 486 g/mol. The first-order chi connectivity index (χ1) is 16.3. The Kier molecular flexibility index (Phi) is 4.23. The third kappa shape index (κ3) is 2.90. The van der Waals surface area contributed by atoms with Crippen molar-refractivity contribution in [3.63, 3.8) is 0 Å². The molecule has 0 saturated carbocycles. The van der Waals surface area contributed by atoms with E-state index < -0.39 is 0 Å². The van der Waals surface area contributed by atoms with E-state index in [2.05, 4.69) is 130 Å². The Morgan fingerprint density at radius 1 is 0.545 bits per heavy atom.